The van der Waals surface area contributed by atoms with Crippen LogP contribution in [-0.2, 0) is 0 Å². The molecule has 3 rings (SSSR count). The van der Waals surface area contributed by atoms with Crippen LogP contribution in [0.15, 0.2) is 48.5 Å². The Morgan fingerprint density at radius 3 is 2.38 bits per heavy atom. The van der Waals surface area contributed by atoms with Crippen molar-refractivity contribution in [1.29, 1.82) is 0 Å². The number of ether oxygens (including phenoxy) is 2. The van der Waals surface area contributed by atoms with Crippen molar-refractivity contribution in [2.45, 2.75) is 13.3 Å². The van der Waals surface area contributed by atoms with E-state index in [1.165, 1.54) is 5.69 Å². The molecule has 0 aromatic heterocycles. The van der Waals surface area contributed by atoms with Gasteiger partial charge in [0.05, 0.1) is 13.7 Å². The Hall–Kier alpha value is -2.69. The monoisotopic (exact) mass is 354 g/mol. The van der Waals surface area contributed by atoms with Gasteiger partial charge in [0.15, 0.2) is 11.5 Å². The smallest absolute Gasteiger partial charge is 0.254 e. The Balaban J connectivity index is 1.65. The summed E-state index contributed by atoms with van der Waals surface area (Å²) in [5.74, 6) is 1.32. The number of piperazine rings is 1. The summed E-state index contributed by atoms with van der Waals surface area (Å²) < 4.78 is 11.1. The highest BCUT2D eigenvalue weighted by atomic mass is 16.5. The molecule has 2 aromatic carbocycles. The molecule has 0 saturated carbocycles. The fourth-order valence-electron chi connectivity index (χ4n) is 3.12. The molecule has 1 aliphatic heterocycles. The van der Waals surface area contributed by atoms with E-state index in [4.69, 9.17) is 9.47 Å². The van der Waals surface area contributed by atoms with Gasteiger partial charge in [0.2, 0.25) is 0 Å². The van der Waals surface area contributed by atoms with Crippen LogP contribution in [0.1, 0.15) is 23.7 Å². The van der Waals surface area contributed by atoms with Gasteiger partial charge in [-0.3, -0.25) is 4.79 Å². The number of carbonyl (C=O) groups excluding carboxylic acids is 1. The lowest BCUT2D eigenvalue weighted by Gasteiger charge is -2.36. The summed E-state index contributed by atoms with van der Waals surface area (Å²) in [4.78, 5) is 17.1. The molecule has 0 N–H and O–H groups in total. The minimum atomic E-state index is 0.0399. The third-order valence-electron chi connectivity index (χ3n) is 4.56. The van der Waals surface area contributed by atoms with Crippen LogP contribution >= 0.6 is 0 Å². The van der Waals surface area contributed by atoms with Gasteiger partial charge in [-0.1, -0.05) is 25.1 Å². The molecule has 1 amide bonds. The predicted molar refractivity (Wildman–Crippen MR) is 103 cm³/mol. The van der Waals surface area contributed by atoms with E-state index in [-0.39, 0.29) is 5.91 Å². The van der Waals surface area contributed by atoms with Crippen molar-refractivity contribution < 1.29 is 14.3 Å². The molecule has 5 nitrogen and oxygen atoms in total. The summed E-state index contributed by atoms with van der Waals surface area (Å²) in [6.07, 6.45) is 0.926. The van der Waals surface area contributed by atoms with Gasteiger partial charge in [-0.05, 0) is 36.8 Å². The Morgan fingerprint density at radius 2 is 1.73 bits per heavy atom. The summed E-state index contributed by atoms with van der Waals surface area (Å²) in [6.45, 7) is 5.79. The van der Waals surface area contributed by atoms with Crippen molar-refractivity contribution in [2.24, 2.45) is 0 Å². The van der Waals surface area contributed by atoms with Gasteiger partial charge in [-0.25, -0.2) is 0 Å². The molecule has 0 aliphatic carbocycles. The maximum Gasteiger partial charge on any atom is 0.254 e. The van der Waals surface area contributed by atoms with Crippen LogP contribution in [0.4, 0.5) is 5.69 Å². The minimum Gasteiger partial charge on any atom is -0.493 e. The van der Waals surface area contributed by atoms with Gasteiger partial charge in [0.1, 0.15) is 0 Å². The SMILES string of the molecule is CCCOc1ccc(C(=O)N2CCN(c3ccccc3)CC2)cc1OC. The zero-order chi connectivity index (χ0) is 18.4. The molecule has 26 heavy (non-hydrogen) atoms. The molecule has 0 unspecified atom stereocenters. The first-order valence-corrected chi connectivity index (χ1v) is 9.13. The molecule has 1 aliphatic rings. The lowest BCUT2D eigenvalue weighted by atomic mass is 10.1. The van der Waals surface area contributed by atoms with Gasteiger partial charge in [-0.15, -0.1) is 0 Å². The van der Waals surface area contributed by atoms with Crippen molar-refractivity contribution in [1.82, 2.24) is 4.90 Å². The number of rotatable bonds is 6. The number of carbonyl (C=O) groups is 1. The van der Waals surface area contributed by atoms with Crippen molar-refractivity contribution in [3.63, 3.8) is 0 Å². The van der Waals surface area contributed by atoms with Gasteiger partial charge < -0.3 is 19.3 Å². The van der Waals surface area contributed by atoms with E-state index in [0.29, 0.717) is 36.8 Å². The van der Waals surface area contributed by atoms with Crippen LogP contribution < -0.4 is 14.4 Å². The number of para-hydroxylation sites is 1. The molecule has 0 bridgehead atoms. The number of hydrogen-bond acceptors (Lipinski definition) is 4. The van der Waals surface area contributed by atoms with Gasteiger partial charge in [0, 0.05) is 37.4 Å². The molecule has 1 fully saturated rings. The number of methoxy groups -OCH3 is 1. The highest BCUT2D eigenvalue weighted by molar-refractivity contribution is 5.95. The molecular weight excluding hydrogens is 328 g/mol. The second kappa shape index (κ2) is 8.61. The first-order valence-electron chi connectivity index (χ1n) is 9.13. The molecule has 1 saturated heterocycles. The number of amides is 1. The predicted octanol–water partition coefficient (Wildman–Crippen LogP) is 3.45. The van der Waals surface area contributed by atoms with E-state index in [1.54, 1.807) is 13.2 Å². The van der Waals surface area contributed by atoms with E-state index in [0.717, 1.165) is 19.5 Å². The molecule has 0 radical (unpaired) electrons. The van der Waals surface area contributed by atoms with Gasteiger partial charge >= 0.3 is 0 Å². The highest BCUT2D eigenvalue weighted by Gasteiger charge is 2.23. The Bertz CT molecular complexity index is 725. The molecule has 0 atom stereocenters. The van der Waals surface area contributed by atoms with E-state index < -0.39 is 0 Å². The molecule has 2 aromatic rings. The fraction of sp³-hybridized carbons (Fsp3) is 0.381. The van der Waals surface area contributed by atoms with E-state index >= 15 is 0 Å². The summed E-state index contributed by atoms with van der Waals surface area (Å²) in [7, 11) is 1.60. The standard InChI is InChI=1S/C21H26N2O3/c1-3-15-26-19-10-9-17(16-20(19)25-2)21(24)23-13-11-22(12-14-23)18-7-5-4-6-8-18/h4-10,16H,3,11-15H2,1-2H3. The zero-order valence-corrected chi connectivity index (χ0v) is 15.5. The number of nitrogens with zero attached hydrogens (tertiary/aromatic N) is 2. The van der Waals surface area contributed by atoms with Crippen molar-refractivity contribution in [3.8, 4) is 11.5 Å². The van der Waals surface area contributed by atoms with Crippen LogP contribution in [0.2, 0.25) is 0 Å². The maximum atomic E-state index is 12.8. The van der Waals surface area contributed by atoms with E-state index in [2.05, 4.69) is 24.0 Å². The second-order valence-electron chi connectivity index (χ2n) is 6.33. The van der Waals surface area contributed by atoms with Crippen molar-refractivity contribution >= 4 is 11.6 Å². The molecule has 138 valence electrons. The van der Waals surface area contributed by atoms with Crippen LogP contribution in [-0.4, -0.2) is 50.7 Å². The molecule has 1 heterocycles. The Morgan fingerprint density at radius 1 is 1.00 bits per heavy atom. The topological polar surface area (TPSA) is 42.0 Å². The Kier molecular flexibility index (Phi) is 6.00. The van der Waals surface area contributed by atoms with Crippen molar-refractivity contribution in [3.05, 3.63) is 54.1 Å². The van der Waals surface area contributed by atoms with E-state index in [1.807, 2.05) is 35.2 Å². The van der Waals surface area contributed by atoms with Crippen molar-refractivity contribution in [2.75, 3.05) is 44.8 Å². The zero-order valence-electron chi connectivity index (χ0n) is 15.5. The average molecular weight is 354 g/mol. The van der Waals surface area contributed by atoms with Gasteiger partial charge in [0.25, 0.3) is 5.91 Å². The molecular formula is C21H26N2O3. The lowest BCUT2D eigenvalue weighted by molar-refractivity contribution is 0.0746. The number of anilines is 1. The first kappa shape index (κ1) is 18.1. The van der Waals surface area contributed by atoms with Crippen LogP contribution in [0.25, 0.3) is 0 Å². The largest absolute Gasteiger partial charge is 0.493 e. The average Bonchev–Trinajstić information content (AvgIpc) is 2.72. The minimum absolute atomic E-state index is 0.0399. The van der Waals surface area contributed by atoms with Gasteiger partial charge in [-0.2, -0.15) is 0 Å². The fourth-order valence-corrected chi connectivity index (χ4v) is 3.12. The Labute approximate surface area is 155 Å². The second-order valence-corrected chi connectivity index (χ2v) is 6.33. The van der Waals surface area contributed by atoms with Crippen LogP contribution in [0, 0.1) is 0 Å². The van der Waals surface area contributed by atoms with Crippen LogP contribution in [0.3, 0.4) is 0 Å². The number of hydrogen-bond donors (Lipinski definition) is 0. The highest BCUT2D eigenvalue weighted by Crippen LogP contribution is 2.29. The first-order chi connectivity index (χ1) is 12.7. The summed E-state index contributed by atoms with van der Waals surface area (Å²) in [6, 6.07) is 15.7. The van der Waals surface area contributed by atoms with E-state index in [9.17, 15) is 4.79 Å². The molecule has 5 heteroatoms. The van der Waals surface area contributed by atoms with Crippen LogP contribution in [0.5, 0.6) is 11.5 Å². The third kappa shape index (κ3) is 4.10. The third-order valence-corrected chi connectivity index (χ3v) is 4.56. The normalized spacial score (nSPS) is 14.2. The summed E-state index contributed by atoms with van der Waals surface area (Å²) >= 11 is 0. The summed E-state index contributed by atoms with van der Waals surface area (Å²) in [5.41, 5.74) is 1.84. The number of benzene rings is 2. The quantitative estimate of drug-likeness (QED) is 0.797. The summed E-state index contributed by atoms with van der Waals surface area (Å²) in [5, 5.41) is 0. The maximum absolute atomic E-state index is 12.8. The molecule has 0 spiro atoms. The lowest BCUT2D eigenvalue weighted by Crippen LogP contribution is -2.48.